The van der Waals surface area contributed by atoms with Gasteiger partial charge in [-0.1, -0.05) is 36.4 Å². The zero-order valence-corrected chi connectivity index (χ0v) is 13.7. The van der Waals surface area contributed by atoms with Gasteiger partial charge in [-0.2, -0.15) is 0 Å². The second-order valence-corrected chi connectivity index (χ2v) is 6.31. The first kappa shape index (κ1) is 17.8. The molecule has 0 bridgehead atoms. The van der Waals surface area contributed by atoms with Crippen LogP contribution in [-0.4, -0.2) is 36.0 Å². The van der Waals surface area contributed by atoms with E-state index in [1.807, 2.05) is 36.4 Å². The Bertz CT molecular complexity index is 630. The Morgan fingerprint density at radius 3 is 2.72 bits per heavy atom. The van der Waals surface area contributed by atoms with E-state index >= 15 is 0 Å². The van der Waals surface area contributed by atoms with Crippen molar-refractivity contribution in [3.8, 4) is 0 Å². The zero-order chi connectivity index (χ0) is 17.9. The van der Waals surface area contributed by atoms with Gasteiger partial charge in [0.1, 0.15) is 0 Å². The fourth-order valence-corrected chi connectivity index (χ4v) is 3.54. The molecular weight excluding hydrogens is 335 g/mol. The summed E-state index contributed by atoms with van der Waals surface area (Å²) in [5.41, 5.74) is 1.99. The van der Waals surface area contributed by atoms with Gasteiger partial charge in [0, 0.05) is 0 Å². The van der Waals surface area contributed by atoms with E-state index in [4.69, 9.17) is 4.74 Å². The number of amides is 1. The highest BCUT2D eigenvalue weighted by Gasteiger charge is 2.45. The second-order valence-electron chi connectivity index (χ2n) is 6.31. The van der Waals surface area contributed by atoms with Crippen molar-refractivity contribution in [2.24, 2.45) is 0 Å². The van der Waals surface area contributed by atoms with Gasteiger partial charge in [-0.25, -0.2) is 4.79 Å². The molecule has 7 heteroatoms. The maximum Gasteiger partial charge on any atom is 0.576 e. The van der Waals surface area contributed by atoms with E-state index in [2.05, 4.69) is 4.74 Å². The largest absolute Gasteiger partial charge is 0.576 e. The van der Waals surface area contributed by atoms with Crippen molar-refractivity contribution < 1.29 is 27.4 Å². The first-order valence-electron chi connectivity index (χ1n) is 8.32. The quantitative estimate of drug-likeness (QED) is 0.751. The summed E-state index contributed by atoms with van der Waals surface area (Å²) in [6.07, 6.45) is -1.35. The minimum absolute atomic E-state index is 0.176. The van der Waals surface area contributed by atoms with Crippen LogP contribution >= 0.6 is 0 Å². The minimum atomic E-state index is -4.98. The lowest BCUT2D eigenvalue weighted by molar-refractivity contribution is -0.295. The van der Waals surface area contributed by atoms with E-state index in [1.54, 1.807) is 0 Å². The lowest BCUT2D eigenvalue weighted by Crippen LogP contribution is -2.45. The lowest BCUT2D eigenvalue weighted by Gasteiger charge is -2.30. The lowest BCUT2D eigenvalue weighted by atomic mass is 9.94. The van der Waals surface area contributed by atoms with E-state index in [9.17, 15) is 18.0 Å². The highest BCUT2D eigenvalue weighted by molar-refractivity contribution is 5.70. The molecule has 0 N–H and O–H groups in total. The highest BCUT2D eigenvalue weighted by atomic mass is 19.4. The first-order chi connectivity index (χ1) is 11.9. The molecule has 1 amide bonds. The van der Waals surface area contributed by atoms with E-state index in [0.717, 1.165) is 24.0 Å². The average molecular weight is 355 g/mol. The fraction of sp³-hybridized carbons (Fsp3) is 0.500. The van der Waals surface area contributed by atoms with Crippen LogP contribution in [0.3, 0.4) is 0 Å². The Labute approximate surface area is 144 Å². The SMILES string of the molecule is O=C(OC(F)(F)F)N1[C@H](COCc2ccccc2)CC2=CCCC[C@@H]21. The number of fused-ring (bicyclic) bond motifs is 1. The number of carbonyl (C=O) groups is 1. The van der Waals surface area contributed by atoms with Crippen LogP contribution in [-0.2, 0) is 16.1 Å². The summed E-state index contributed by atoms with van der Waals surface area (Å²) < 4.78 is 46.7. The molecule has 0 unspecified atom stereocenters. The Hall–Kier alpha value is -2.02. The number of hydrogen-bond donors (Lipinski definition) is 0. The van der Waals surface area contributed by atoms with Gasteiger partial charge in [0.05, 0.1) is 25.3 Å². The average Bonchev–Trinajstić information content (AvgIpc) is 2.92. The van der Waals surface area contributed by atoms with Crippen LogP contribution in [0, 0.1) is 0 Å². The van der Waals surface area contributed by atoms with Crippen LogP contribution in [0.1, 0.15) is 31.2 Å². The van der Waals surface area contributed by atoms with Crippen LogP contribution < -0.4 is 0 Å². The summed E-state index contributed by atoms with van der Waals surface area (Å²) in [6.45, 7) is 0.527. The van der Waals surface area contributed by atoms with Crippen molar-refractivity contribution in [2.75, 3.05) is 6.61 Å². The van der Waals surface area contributed by atoms with Crippen LogP contribution in [0.25, 0.3) is 0 Å². The molecule has 0 radical (unpaired) electrons. The Morgan fingerprint density at radius 1 is 1.24 bits per heavy atom. The molecule has 2 atom stereocenters. The molecule has 1 aliphatic heterocycles. The van der Waals surface area contributed by atoms with Crippen molar-refractivity contribution in [1.29, 1.82) is 0 Å². The number of nitrogens with zero attached hydrogens (tertiary/aromatic N) is 1. The van der Waals surface area contributed by atoms with E-state index in [1.165, 1.54) is 4.90 Å². The van der Waals surface area contributed by atoms with Crippen LogP contribution in [0.15, 0.2) is 42.0 Å². The third-order valence-electron chi connectivity index (χ3n) is 4.55. The number of likely N-dealkylation sites (tertiary alicyclic amines) is 1. The number of alkyl halides is 3. The van der Waals surface area contributed by atoms with Gasteiger partial charge < -0.3 is 9.47 Å². The van der Waals surface area contributed by atoms with Crippen molar-refractivity contribution in [3.63, 3.8) is 0 Å². The molecule has 136 valence electrons. The Balaban J connectivity index is 1.66. The number of halogens is 3. The topological polar surface area (TPSA) is 38.8 Å². The highest BCUT2D eigenvalue weighted by Crippen LogP contribution is 2.37. The normalized spacial score (nSPS) is 23.2. The minimum Gasteiger partial charge on any atom is -0.375 e. The van der Waals surface area contributed by atoms with E-state index in [0.29, 0.717) is 19.4 Å². The van der Waals surface area contributed by atoms with Crippen molar-refractivity contribution in [1.82, 2.24) is 4.90 Å². The van der Waals surface area contributed by atoms with Crippen molar-refractivity contribution in [2.45, 2.75) is 50.7 Å². The van der Waals surface area contributed by atoms with Gasteiger partial charge in [0.15, 0.2) is 0 Å². The number of carbonyl (C=O) groups excluding carboxylic acids is 1. The predicted octanol–water partition coefficient (Wildman–Crippen LogP) is 4.41. The van der Waals surface area contributed by atoms with Gasteiger partial charge in [0.25, 0.3) is 0 Å². The number of rotatable bonds is 4. The van der Waals surface area contributed by atoms with Gasteiger partial charge in [-0.15, -0.1) is 13.2 Å². The molecule has 25 heavy (non-hydrogen) atoms. The molecule has 1 heterocycles. The molecule has 0 saturated carbocycles. The fourth-order valence-electron chi connectivity index (χ4n) is 3.54. The predicted molar refractivity (Wildman–Crippen MR) is 84.6 cm³/mol. The summed E-state index contributed by atoms with van der Waals surface area (Å²) in [6, 6.07) is 8.74. The molecular formula is C18H20F3NO3. The molecule has 2 aliphatic rings. The summed E-state index contributed by atoms with van der Waals surface area (Å²) in [5.74, 6) is 0. The third-order valence-corrected chi connectivity index (χ3v) is 4.55. The number of ether oxygens (including phenoxy) is 2. The monoisotopic (exact) mass is 355 g/mol. The summed E-state index contributed by atoms with van der Waals surface area (Å²) in [5, 5.41) is 0. The maximum absolute atomic E-state index is 12.5. The molecule has 1 aromatic carbocycles. The standard InChI is InChI=1S/C18H20F3NO3/c19-18(20,21)25-17(23)22-15(10-14-8-4-5-9-16(14)22)12-24-11-13-6-2-1-3-7-13/h1-3,6-8,15-16H,4-5,9-12H2/t15-,16-/m0/s1. The molecule has 3 rings (SSSR count). The summed E-state index contributed by atoms with van der Waals surface area (Å²) in [7, 11) is 0. The van der Waals surface area contributed by atoms with Crippen molar-refractivity contribution in [3.05, 3.63) is 47.5 Å². The number of hydrogen-bond acceptors (Lipinski definition) is 3. The summed E-state index contributed by atoms with van der Waals surface area (Å²) >= 11 is 0. The van der Waals surface area contributed by atoms with Gasteiger partial charge in [0.2, 0.25) is 0 Å². The second kappa shape index (κ2) is 7.47. The van der Waals surface area contributed by atoms with Crippen molar-refractivity contribution >= 4 is 6.09 Å². The maximum atomic E-state index is 12.5. The van der Waals surface area contributed by atoms with Crippen LogP contribution in [0.5, 0.6) is 0 Å². The molecule has 1 aliphatic carbocycles. The molecule has 1 saturated heterocycles. The molecule has 0 aromatic heterocycles. The third kappa shape index (κ3) is 4.54. The first-order valence-corrected chi connectivity index (χ1v) is 8.32. The van der Waals surface area contributed by atoms with E-state index < -0.39 is 18.5 Å². The zero-order valence-electron chi connectivity index (χ0n) is 13.7. The summed E-state index contributed by atoms with van der Waals surface area (Å²) in [4.78, 5) is 13.3. The smallest absolute Gasteiger partial charge is 0.375 e. The van der Waals surface area contributed by atoms with Gasteiger partial charge in [-0.05, 0) is 36.8 Å². The number of allylic oxidation sites excluding steroid dienone is 1. The molecule has 1 fully saturated rings. The Kier molecular flexibility index (Phi) is 5.32. The molecule has 4 nitrogen and oxygen atoms in total. The van der Waals surface area contributed by atoms with Gasteiger partial charge in [-0.3, -0.25) is 4.90 Å². The molecule has 0 spiro atoms. The van der Waals surface area contributed by atoms with Gasteiger partial charge >= 0.3 is 12.5 Å². The van der Waals surface area contributed by atoms with E-state index in [-0.39, 0.29) is 12.6 Å². The van der Waals surface area contributed by atoms with Crippen LogP contribution in [0.2, 0.25) is 0 Å². The Morgan fingerprint density at radius 2 is 2.00 bits per heavy atom. The number of benzene rings is 1. The molecule has 1 aromatic rings. The van der Waals surface area contributed by atoms with Crippen LogP contribution in [0.4, 0.5) is 18.0 Å².